The monoisotopic (exact) mass is 526 g/mol. The molecule has 2 N–H and O–H groups in total. The van der Waals surface area contributed by atoms with E-state index in [-0.39, 0.29) is 17.6 Å². The van der Waals surface area contributed by atoms with E-state index in [1.807, 2.05) is 45.9 Å². The summed E-state index contributed by atoms with van der Waals surface area (Å²) >= 11 is 6.41. The number of rotatable bonds is 9. The Hall–Kier alpha value is -3.92. The lowest BCUT2D eigenvalue weighted by Gasteiger charge is -2.22. The van der Waals surface area contributed by atoms with Gasteiger partial charge in [0.05, 0.1) is 21.3 Å². The predicted molar refractivity (Wildman–Crippen MR) is 144 cm³/mol. The zero-order valence-corrected chi connectivity index (χ0v) is 22.1. The van der Waals surface area contributed by atoms with Crippen molar-refractivity contribution in [1.29, 1.82) is 0 Å². The van der Waals surface area contributed by atoms with Crippen LogP contribution in [0.1, 0.15) is 46.2 Å². The van der Waals surface area contributed by atoms with Gasteiger partial charge in [0.15, 0.2) is 0 Å². The lowest BCUT2D eigenvalue weighted by molar-refractivity contribution is -0.384. The minimum Gasteiger partial charge on any atom is -0.315 e. The number of nitrogens with zero attached hydrogens (tertiary/aromatic N) is 4. The molecule has 0 aliphatic carbocycles. The van der Waals surface area contributed by atoms with Crippen molar-refractivity contribution in [3.05, 3.63) is 75.4 Å². The summed E-state index contributed by atoms with van der Waals surface area (Å²) in [6.45, 7) is 8.21. The maximum absolute atomic E-state index is 13.1. The fraction of sp³-hybridized carbons (Fsp3) is 0.346. The molecule has 3 rings (SSSR count). The van der Waals surface area contributed by atoms with Gasteiger partial charge < -0.3 is 15.5 Å². The van der Waals surface area contributed by atoms with Gasteiger partial charge in [-0.1, -0.05) is 57.8 Å². The number of amides is 3. The molecule has 196 valence electrons. The first kappa shape index (κ1) is 27.7. The van der Waals surface area contributed by atoms with E-state index in [4.69, 9.17) is 11.6 Å². The molecule has 0 saturated carbocycles. The van der Waals surface area contributed by atoms with Crippen molar-refractivity contribution < 1.29 is 14.5 Å². The van der Waals surface area contributed by atoms with Gasteiger partial charge in [0.1, 0.15) is 12.4 Å². The molecular formula is C26H31ClN6O4. The van der Waals surface area contributed by atoms with Crippen LogP contribution in [-0.2, 0) is 10.2 Å². The third kappa shape index (κ3) is 7.29. The molecule has 1 heterocycles. The Labute approximate surface area is 220 Å². The lowest BCUT2D eigenvalue weighted by atomic mass is 9.92. The number of unbranched alkanes of at least 4 members (excludes halogenated alkanes) is 1. The van der Waals surface area contributed by atoms with Crippen LogP contribution in [0.15, 0.2) is 54.6 Å². The fourth-order valence-corrected chi connectivity index (χ4v) is 3.69. The van der Waals surface area contributed by atoms with Gasteiger partial charge in [-0.3, -0.25) is 14.9 Å². The van der Waals surface area contributed by atoms with Crippen molar-refractivity contribution in [2.75, 3.05) is 23.7 Å². The minimum atomic E-state index is -0.512. The van der Waals surface area contributed by atoms with E-state index in [0.717, 1.165) is 12.1 Å². The third-order valence-electron chi connectivity index (χ3n) is 5.56. The van der Waals surface area contributed by atoms with Gasteiger partial charge in [-0.2, -0.15) is 5.10 Å². The molecule has 0 saturated heterocycles. The highest BCUT2D eigenvalue weighted by molar-refractivity contribution is 6.32. The smallest absolute Gasteiger partial charge is 0.315 e. The van der Waals surface area contributed by atoms with Crippen LogP contribution in [0.4, 0.5) is 22.0 Å². The number of hydrogen-bond acceptors (Lipinski definition) is 5. The van der Waals surface area contributed by atoms with Gasteiger partial charge in [-0.15, -0.1) is 0 Å². The lowest BCUT2D eigenvalue weighted by Crippen LogP contribution is -2.41. The summed E-state index contributed by atoms with van der Waals surface area (Å²) in [6, 6.07) is 14.0. The van der Waals surface area contributed by atoms with Crippen LogP contribution in [0.3, 0.4) is 0 Å². The minimum absolute atomic E-state index is 0.0787. The number of non-ortho nitro benzene ring substituents is 1. The highest BCUT2D eigenvalue weighted by Gasteiger charge is 2.24. The van der Waals surface area contributed by atoms with Crippen LogP contribution in [0.25, 0.3) is 5.69 Å². The zero-order valence-electron chi connectivity index (χ0n) is 21.3. The first-order chi connectivity index (χ1) is 17.5. The van der Waals surface area contributed by atoms with E-state index in [1.54, 1.807) is 16.8 Å². The Bertz CT molecular complexity index is 1270. The Kier molecular flexibility index (Phi) is 8.88. The van der Waals surface area contributed by atoms with E-state index in [1.165, 1.54) is 29.2 Å². The number of carbonyl (C=O) groups excluding carboxylic acids is 2. The van der Waals surface area contributed by atoms with Crippen molar-refractivity contribution >= 4 is 40.7 Å². The van der Waals surface area contributed by atoms with Gasteiger partial charge in [0, 0.05) is 35.8 Å². The largest absolute Gasteiger partial charge is 0.322 e. The number of halogens is 1. The molecule has 37 heavy (non-hydrogen) atoms. The molecule has 1 aromatic heterocycles. The van der Waals surface area contributed by atoms with Gasteiger partial charge in [-0.25, -0.2) is 9.48 Å². The van der Waals surface area contributed by atoms with Crippen molar-refractivity contribution in [2.45, 2.75) is 46.0 Å². The maximum Gasteiger partial charge on any atom is 0.322 e. The molecular weight excluding hydrogens is 496 g/mol. The average molecular weight is 527 g/mol. The topological polar surface area (TPSA) is 122 Å². The number of nitro benzene ring substituents is 1. The van der Waals surface area contributed by atoms with E-state index < -0.39 is 16.9 Å². The predicted octanol–water partition coefficient (Wildman–Crippen LogP) is 6.00. The van der Waals surface area contributed by atoms with Crippen LogP contribution in [0.5, 0.6) is 0 Å². The van der Waals surface area contributed by atoms with Crippen molar-refractivity contribution in [2.24, 2.45) is 0 Å². The summed E-state index contributed by atoms with van der Waals surface area (Å²) in [6.07, 6.45) is 1.53. The van der Waals surface area contributed by atoms with Crippen molar-refractivity contribution in [3.63, 3.8) is 0 Å². The molecule has 2 aromatic carbocycles. The highest BCUT2D eigenvalue weighted by Crippen LogP contribution is 2.29. The average Bonchev–Trinajstić information content (AvgIpc) is 3.26. The summed E-state index contributed by atoms with van der Waals surface area (Å²) in [5.74, 6) is 0.0397. The number of aromatic nitrogens is 2. The van der Waals surface area contributed by atoms with Crippen LogP contribution < -0.4 is 10.6 Å². The summed E-state index contributed by atoms with van der Waals surface area (Å²) in [5.41, 5.74) is 1.42. The second-order valence-corrected chi connectivity index (χ2v) is 9.99. The van der Waals surface area contributed by atoms with Crippen molar-refractivity contribution in [1.82, 2.24) is 14.7 Å². The standard InChI is InChI=1S/C26H31ClN6O4/c1-5-6-15-31(25(35)28-18-11-13-19(14-12-18)33(36)37)17-24(34)29-23-16-22(26(2,3)4)30-32(23)21-10-8-7-9-20(21)27/h7-14,16H,5-6,15,17H2,1-4H3,(H,28,35)(H,29,34). The number of nitrogens with one attached hydrogen (secondary N) is 2. The van der Waals surface area contributed by atoms with E-state index in [0.29, 0.717) is 35.2 Å². The Morgan fingerprint density at radius 1 is 1.11 bits per heavy atom. The van der Waals surface area contributed by atoms with Gasteiger partial charge >= 0.3 is 6.03 Å². The second kappa shape index (κ2) is 11.9. The third-order valence-corrected chi connectivity index (χ3v) is 5.88. The van der Waals surface area contributed by atoms with Crippen LogP contribution in [0, 0.1) is 10.1 Å². The van der Waals surface area contributed by atoms with E-state index >= 15 is 0 Å². The number of hydrogen-bond donors (Lipinski definition) is 2. The van der Waals surface area contributed by atoms with E-state index in [9.17, 15) is 19.7 Å². The normalized spacial score (nSPS) is 11.2. The van der Waals surface area contributed by atoms with Crippen LogP contribution in [0.2, 0.25) is 5.02 Å². The number of nitro groups is 1. The Balaban J connectivity index is 1.79. The molecule has 10 nitrogen and oxygen atoms in total. The molecule has 0 fully saturated rings. The number of para-hydroxylation sites is 1. The first-order valence-corrected chi connectivity index (χ1v) is 12.3. The molecule has 0 aliphatic heterocycles. The number of urea groups is 1. The maximum atomic E-state index is 13.1. The molecule has 0 atom stereocenters. The molecule has 3 amide bonds. The molecule has 0 spiro atoms. The van der Waals surface area contributed by atoms with Crippen molar-refractivity contribution in [3.8, 4) is 5.69 Å². The molecule has 0 aliphatic rings. The van der Waals surface area contributed by atoms with Gasteiger partial charge in [0.25, 0.3) is 5.69 Å². The van der Waals surface area contributed by atoms with Crippen LogP contribution >= 0.6 is 11.6 Å². The summed E-state index contributed by atoms with van der Waals surface area (Å²) < 4.78 is 1.59. The van der Waals surface area contributed by atoms with Gasteiger partial charge in [0.2, 0.25) is 5.91 Å². The van der Waals surface area contributed by atoms with E-state index in [2.05, 4.69) is 15.7 Å². The van der Waals surface area contributed by atoms with Gasteiger partial charge in [-0.05, 0) is 30.7 Å². The summed E-state index contributed by atoms with van der Waals surface area (Å²) in [5, 5.41) is 21.6. The number of benzene rings is 2. The summed E-state index contributed by atoms with van der Waals surface area (Å²) in [4.78, 5) is 37.8. The molecule has 0 unspecified atom stereocenters. The quantitative estimate of drug-likeness (QED) is 0.261. The summed E-state index contributed by atoms with van der Waals surface area (Å²) in [7, 11) is 0. The zero-order chi connectivity index (χ0) is 27.2. The molecule has 0 radical (unpaired) electrons. The second-order valence-electron chi connectivity index (χ2n) is 9.59. The number of anilines is 2. The molecule has 0 bridgehead atoms. The Morgan fingerprint density at radius 2 is 1.78 bits per heavy atom. The SMILES string of the molecule is CCCCN(CC(=O)Nc1cc(C(C)(C)C)nn1-c1ccccc1Cl)C(=O)Nc1ccc([N+](=O)[O-])cc1. The molecule has 3 aromatic rings. The first-order valence-electron chi connectivity index (χ1n) is 11.9. The highest BCUT2D eigenvalue weighted by atomic mass is 35.5. The number of carbonyl (C=O) groups is 2. The molecule has 11 heteroatoms. The fourth-order valence-electron chi connectivity index (χ4n) is 3.47. The Morgan fingerprint density at radius 3 is 2.38 bits per heavy atom. The van der Waals surface area contributed by atoms with Crippen LogP contribution in [-0.4, -0.2) is 44.6 Å².